The van der Waals surface area contributed by atoms with Gasteiger partial charge in [0.25, 0.3) is 0 Å². The van der Waals surface area contributed by atoms with Crippen molar-refractivity contribution >= 4 is 23.5 Å². The van der Waals surface area contributed by atoms with Gasteiger partial charge < -0.3 is 30.4 Å². The number of benzene rings is 1. The van der Waals surface area contributed by atoms with Crippen LogP contribution < -0.4 is 15.4 Å². The zero-order valence-electron chi connectivity index (χ0n) is 25.7. The molecular weight excluding hydrogens is 540 g/mol. The van der Waals surface area contributed by atoms with E-state index in [0.717, 1.165) is 53.9 Å². The molecule has 3 heterocycles. The molecule has 4 unspecified atom stereocenters. The number of likely N-dealkylation sites (N-methyl/N-ethyl adjacent to an activating group) is 1. The number of nitrogens with one attached hydrogen (secondary N) is 2. The first-order chi connectivity index (χ1) is 19.6. The third-order valence-electron chi connectivity index (χ3n) is 7.57. The highest BCUT2D eigenvalue weighted by atomic mass is 32.1. The van der Waals surface area contributed by atoms with Crippen molar-refractivity contribution in [2.24, 2.45) is 11.8 Å². The molecule has 0 saturated carbocycles. The number of β-amino-alcohol motifs (C(OH)–C–C–N with tert-alkyl or cyclic N) is 1. The van der Waals surface area contributed by atoms with Gasteiger partial charge in [0.2, 0.25) is 5.91 Å². The van der Waals surface area contributed by atoms with Gasteiger partial charge in [0.15, 0.2) is 0 Å². The van der Waals surface area contributed by atoms with Crippen molar-refractivity contribution in [3.05, 3.63) is 35.0 Å². The maximum Gasteiger partial charge on any atom is 0.238 e. The van der Waals surface area contributed by atoms with E-state index >= 15 is 0 Å². The Morgan fingerprint density at radius 1 is 1.27 bits per heavy atom. The van der Waals surface area contributed by atoms with E-state index in [4.69, 9.17) is 4.74 Å². The summed E-state index contributed by atoms with van der Waals surface area (Å²) in [5.74, 6) is 1.21. The molecule has 1 aromatic carbocycles. The number of rotatable bonds is 9. The number of aryl methyl sites for hydroxylation is 1. The Morgan fingerprint density at radius 3 is 2.44 bits per heavy atom. The smallest absolute Gasteiger partial charge is 0.238 e. The van der Waals surface area contributed by atoms with Crippen LogP contribution in [-0.4, -0.2) is 83.8 Å². The summed E-state index contributed by atoms with van der Waals surface area (Å²) in [6.07, 6.45) is 2.77. The first-order valence-corrected chi connectivity index (χ1v) is 15.7. The molecule has 0 spiro atoms. The number of thiazole rings is 1. The van der Waals surface area contributed by atoms with Crippen molar-refractivity contribution in [3.63, 3.8) is 0 Å². The third-order valence-corrected chi connectivity index (χ3v) is 8.55. The predicted molar refractivity (Wildman–Crippen MR) is 165 cm³/mol. The lowest BCUT2D eigenvalue weighted by molar-refractivity contribution is -0.126. The van der Waals surface area contributed by atoms with Crippen molar-refractivity contribution in [3.8, 4) is 16.2 Å². The molecule has 230 valence electrons. The van der Waals surface area contributed by atoms with Crippen LogP contribution in [0.1, 0.15) is 71.2 Å². The van der Waals surface area contributed by atoms with Gasteiger partial charge in [0.1, 0.15) is 18.1 Å². The number of aliphatic hydroxyl groups excluding tert-OH is 2. The van der Waals surface area contributed by atoms with Crippen molar-refractivity contribution in [1.29, 1.82) is 0 Å². The molecular formula is C31H50N4O5S. The highest BCUT2D eigenvalue weighted by Crippen LogP contribution is 2.35. The van der Waals surface area contributed by atoms with Crippen molar-refractivity contribution in [2.45, 2.75) is 85.1 Å². The highest BCUT2D eigenvalue weighted by Gasteiger charge is 2.35. The van der Waals surface area contributed by atoms with Crippen molar-refractivity contribution < 1.29 is 24.5 Å². The van der Waals surface area contributed by atoms with Gasteiger partial charge in [-0.1, -0.05) is 46.8 Å². The maximum absolute atomic E-state index is 12.9. The van der Waals surface area contributed by atoms with Gasteiger partial charge in [-0.3, -0.25) is 9.69 Å². The van der Waals surface area contributed by atoms with Crippen LogP contribution in [0.5, 0.6) is 5.75 Å². The fourth-order valence-corrected chi connectivity index (χ4v) is 5.47. The molecule has 0 radical (unpaired) electrons. The molecule has 4 atom stereocenters. The number of hydrogen-bond donors (Lipinski definition) is 4. The Morgan fingerprint density at radius 2 is 1.95 bits per heavy atom. The number of aromatic nitrogens is 1. The Labute approximate surface area is 249 Å². The predicted octanol–water partition coefficient (Wildman–Crippen LogP) is 3.97. The van der Waals surface area contributed by atoms with Gasteiger partial charge in [-0.2, -0.15) is 0 Å². The quantitative estimate of drug-likeness (QED) is 0.324. The van der Waals surface area contributed by atoms with Crippen LogP contribution in [0, 0.1) is 18.8 Å². The molecule has 41 heavy (non-hydrogen) atoms. The molecule has 1 aromatic heterocycles. The van der Waals surface area contributed by atoms with E-state index in [1.807, 2.05) is 77.2 Å². The fraction of sp³-hybridized carbons (Fsp3) is 0.645. The first-order valence-electron chi connectivity index (χ1n) is 14.8. The van der Waals surface area contributed by atoms with Crippen LogP contribution in [0.4, 0.5) is 0 Å². The average molecular weight is 591 g/mol. The van der Waals surface area contributed by atoms with Gasteiger partial charge >= 0.3 is 0 Å². The number of carbonyl (C=O) groups excluding carboxylic acids is 2. The minimum absolute atomic E-state index is 0.0824. The maximum atomic E-state index is 12.9. The van der Waals surface area contributed by atoms with Crippen LogP contribution in [0.2, 0.25) is 0 Å². The van der Waals surface area contributed by atoms with Gasteiger partial charge in [-0.15, -0.1) is 11.3 Å². The fourth-order valence-electron chi connectivity index (χ4n) is 4.66. The average Bonchev–Trinajstić information content (AvgIpc) is 3.56. The number of ether oxygens (including phenoxy) is 1. The number of amides is 1. The van der Waals surface area contributed by atoms with E-state index in [-0.39, 0.29) is 24.5 Å². The molecule has 10 heteroatoms. The highest BCUT2D eigenvalue weighted by molar-refractivity contribution is 7.13. The van der Waals surface area contributed by atoms with Crippen LogP contribution >= 0.6 is 11.3 Å². The lowest BCUT2D eigenvalue weighted by Crippen LogP contribution is -2.43. The Kier molecular flexibility index (Phi) is 14.9. The third kappa shape index (κ3) is 10.1. The summed E-state index contributed by atoms with van der Waals surface area (Å²) in [5, 5.41) is 26.4. The first kappa shape index (κ1) is 34.8. The van der Waals surface area contributed by atoms with Crippen LogP contribution in [0.3, 0.4) is 0 Å². The molecule has 4 N–H and O–H groups in total. The number of aliphatic hydroxyl groups is 2. The Bertz CT molecular complexity index is 1070. The minimum atomic E-state index is -0.595. The number of aldehydes is 1. The van der Waals surface area contributed by atoms with Gasteiger partial charge in [-0.05, 0) is 63.9 Å². The van der Waals surface area contributed by atoms with E-state index in [1.165, 1.54) is 0 Å². The molecule has 2 aromatic rings. The lowest BCUT2D eigenvalue weighted by atomic mass is 10.0. The molecule has 9 nitrogen and oxygen atoms in total. The SMILES string of the molecule is CC.CC(C)C(C)C=O.Cc1ncsc1-c1ccc(C(CO)NC(=O)C2CC(O)CN2C)c(OC2CCNCC2)c1. The second-order valence-electron chi connectivity index (χ2n) is 10.9. The summed E-state index contributed by atoms with van der Waals surface area (Å²) in [4.78, 5) is 30.1. The number of carbonyl (C=O) groups is 2. The molecule has 2 saturated heterocycles. The number of likely N-dealkylation sites (tertiary alicyclic amines) is 1. The number of hydrogen-bond acceptors (Lipinski definition) is 9. The summed E-state index contributed by atoms with van der Waals surface area (Å²) >= 11 is 1.58. The molecule has 2 aliphatic heterocycles. The summed E-state index contributed by atoms with van der Waals surface area (Å²) in [6.45, 7) is 14.0. The molecule has 1 amide bonds. The van der Waals surface area contributed by atoms with Crippen LogP contribution in [0.15, 0.2) is 23.7 Å². The number of piperidine rings is 1. The van der Waals surface area contributed by atoms with E-state index < -0.39 is 18.2 Å². The normalized spacial score (nSPS) is 20.7. The molecule has 0 aliphatic carbocycles. The molecule has 4 rings (SSSR count). The van der Waals surface area contributed by atoms with Gasteiger partial charge in [0, 0.05) is 18.0 Å². The van der Waals surface area contributed by atoms with Crippen molar-refractivity contribution in [2.75, 3.05) is 33.3 Å². The lowest BCUT2D eigenvalue weighted by Gasteiger charge is -2.28. The van der Waals surface area contributed by atoms with Gasteiger partial charge in [-0.25, -0.2) is 4.98 Å². The standard InChI is InChI=1S/C23H32N4O4S.C6H12O.C2H6/c1-14-22(32-13-25-14)15-3-4-18(21(9-15)31-17-5-7-24-8-6-17)19(12-28)26-23(30)20-10-16(29)11-27(20)2;1-5(2)6(3)4-7;1-2/h3-4,9,13,16-17,19-20,24,28-29H,5-8,10-12H2,1-2H3,(H,26,30);4-6H,1-3H3;1-2H3. The molecule has 0 bridgehead atoms. The Hall–Kier alpha value is -2.37. The largest absolute Gasteiger partial charge is 0.490 e. The summed E-state index contributed by atoms with van der Waals surface area (Å²) in [6, 6.07) is 4.91. The second-order valence-corrected chi connectivity index (χ2v) is 11.8. The zero-order chi connectivity index (χ0) is 30.5. The number of nitrogens with zero attached hydrogens (tertiary/aromatic N) is 2. The van der Waals surface area contributed by atoms with E-state index in [0.29, 0.717) is 24.6 Å². The van der Waals surface area contributed by atoms with Crippen LogP contribution in [-0.2, 0) is 9.59 Å². The summed E-state index contributed by atoms with van der Waals surface area (Å²) in [7, 11) is 1.83. The Balaban J connectivity index is 0.000000573. The zero-order valence-corrected chi connectivity index (χ0v) is 26.5. The van der Waals surface area contributed by atoms with Crippen LogP contribution in [0.25, 0.3) is 10.4 Å². The monoisotopic (exact) mass is 590 g/mol. The van der Waals surface area contributed by atoms with E-state index in [2.05, 4.69) is 15.6 Å². The molecule has 2 aliphatic rings. The van der Waals surface area contributed by atoms with E-state index in [9.17, 15) is 19.8 Å². The second kappa shape index (κ2) is 17.6. The summed E-state index contributed by atoms with van der Waals surface area (Å²) < 4.78 is 6.42. The molecule has 2 fully saturated rings. The topological polar surface area (TPSA) is 124 Å². The van der Waals surface area contributed by atoms with E-state index in [1.54, 1.807) is 11.3 Å². The summed E-state index contributed by atoms with van der Waals surface area (Å²) in [5.41, 5.74) is 4.56. The minimum Gasteiger partial charge on any atom is -0.490 e. The van der Waals surface area contributed by atoms with Gasteiger partial charge in [0.05, 0.1) is 40.9 Å². The van der Waals surface area contributed by atoms with Crippen molar-refractivity contribution in [1.82, 2.24) is 20.5 Å².